The van der Waals surface area contributed by atoms with Gasteiger partial charge in [-0.25, -0.2) is 9.07 Å². The second kappa shape index (κ2) is 7.83. The van der Waals surface area contributed by atoms with Crippen molar-refractivity contribution in [2.45, 2.75) is 25.0 Å². The molecule has 7 nitrogen and oxygen atoms in total. The summed E-state index contributed by atoms with van der Waals surface area (Å²) in [6.07, 6.45) is 1.56. The number of halogens is 1. The predicted molar refractivity (Wildman–Crippen MR) is 101 cm³/mol. The van der Waals surface area contributed by atoms with E-state index in [1.165, 1.54) is 28.6 Å². The number of hydrogen-bond acceptors (Lipinski definition) is 6. The fourth-order valence-corrected chi connectivity index (χ4v) is 3.37. The maximum atomic E-state index is 13.1. The molecule has 0 bridgehead atoms. The third-order valence-electron chi connectivity index (χ3n) is 4.42. The predicted octanol–water partition coefficient (Wildman–Crippen LogP) is 3.01. The average Bonchev–Trinajstić information content (AvgIpc) is 3.24. The van der Waals surface area contributed by atoms with Crippen LogP contribution < -0.4 is 5.84 Å². The molecule has 142 valence electrons. The summed E-state index contributed by atoms with van der Waals surface area (Å²) < 4.78 is 19.7. The minimum absolute atomic E-state index is 0.0964. The second-order valence-corrected chi connectivity index (χ2v) is 7.03. The van der Waals surface area contributed by atoms with Crippen molar-refractivity contribution in [1.82, 2.24) is 19.8 Å². The van der Waals surface area contributed by atoms with Gasteiger partial charge in [-0.1, -0.05) is 23.9 Å². The molecule has 0 radical (unpaired) electrons. The average molecular weight is 389 g/mol. The minimum Gasteiger partial charge on any atom is -0.469 e. The van der Waals surface area contributed by atoms with E-state index in [1.54, 1.807) is 36.4 Å². The number of nitrogen functional groups attached to an aromatic ring is 1. The number of carbonyl (C=O) groups excluding carboxylic acids is 1. The zero-order valence-electron chi connectivity index (χ0n) is 15.2. The monoisotopic (exact) mass is 389 g/mol. The van der Waals surface area contributed by atoms with Gasteiger partial charge >= 0.3 is 0 Å². The number of aromatic nitrogens is 3. The first kappa shape index (κ1) is 19.0. The minimum atomic E-state index is -0.304. The molecule has 0 aliphatic rings. The first-order chi connectivity index (χ1) is 12.9. The fraction of sp³-hybridized carbons (Fsp3) is 0.278. The number of benzene rings is 1. The molecule has 0 spiro atoms. The first-order valence-electron chi connectivity index (χ1n) is 8.27. The number of furan rings is 1. The van der Waals surface area contributed by atoms with Crippen LogP contribution in [-0.4, -0.2) is 38.5 Å². The number of nitrogens with zero attached hydrogens (tertiary/aromatic N) is 4. The van der Waals surface area contributed by atoms with Gasteiger partial charge in [0.05, 0.1) is 23.6 Å². The van der Waals surface area contributed by atoms with Crippen molar-refractivity contribution in [2.24, 2.45) is 0 Å². The van der Waals surface area contributed by atoms with E-state index in [2.05, 4.69) is 10.2 Å². The van der Waals surface area contributed by atoms with Gasteiger partial charge in [0.1, 0.15) is 11.6 Å². The van der Waals surface area contributed by atoms with Crippen molar-refractivity contribution in [3.63, 3.8) is 0 Å². The van der Waals surface area contributed by atoms with Gasteiger partial charge in [-0.3, -0.25) is 4.79 Å². The van der Waals surface area contributed by atoms with Crippen molar-refractivity contribution in [1.29, 1.82) is 0 Å². The number of amides is 1. The third-order valence-corrected chi connectivity index (χ3v) is 5.34. The molecule has 3 rings (SSSR count). The molecule has 2 N–H and O–H groups in total. The molecule has 0 aliphatic carbocycles. The summed E-state index contributed by atoms with van der Waals surface area (Å²) in [5, 5.41) is 8.57. The lowest BCUT2D eigenvalue weighted by Gasteiger charge is -2.25. The number of nitrogens with two attached hydrogens (primary N) is 1. The van der Waals surface area contributed by atoms with Crippen molar-refractivity contribution in [3.8, 4) is 11.4 Å². The Hall–Kier alpha value is -2.81. The van der Waals surface area contributed by atoms with Crippen LogP contribution in [0, 0.1) is 12.7 Å². The molecule has 27 heavy (non-hydrogen) atoms. The van der Waals surface area contributed by atoms with Gasteiger partial charge in [-0.05, 0) is 37.6 Å². The van der Waals surface area contributed by atoms with Gasteiger partial charge in [0, 0.05) is 7.05 Å². The Labute approximate surface area is 160 Å². The number of aryl methyl sites for hydroxylation is 1. The van der Waals surface area contributed by atoms with E-state index in [1.807, 2.05) is 13.8 Å². The quantitative estimate of drug-likeness (QED) is 0.515. The summed E-state index contributed by atoms with van der Waals surface area (Å²) in [6, 6.07) is 7.70. The zero-order chi connectivity index (χ0) is 19.6. The topological polar surface area (TPSA) is 90.2 Å². The summed E-state index contributed by atoms with van der Waals surface area (Å²) in [7, 11) is 1.71. The van der Waals surface area contributed by atoms with E-state index >= 15 is 0 Å². The first-order valence-corrected chi connectivity index (χ1v) is 9.26. The number of carbonyl (C=O) groups is 1. The van der Waals surface area contributed by atoms with E-state index in [0.717, 1.165) is 11.1 Å². The van der Waals surface area contributed by atoms with Crippen LogP contribution in [0.5, 0.6) is 0 Å². The maximum Gasteiger partial charge on any atom is 0.233 e. The van der Waals surface area contributed by atoms with Gasteiger partial charge < -0.3 is 15.2 Å². The van der Waals surface area contributed by atoms with E-state index in [9.17, 15) is 9.18 Å². The maximum absolute atomic E-state index is 13.1. The summed E-state index contributed by atoms with van der Waals surface area (Å²) in [5.41, 5.74) is 1.61. The van der Waals surface area contributed by atoms with Crippen LogP contribution in [0.2, 0.25) is 0 Å². The van der Waals surface area contributed by atoms with Crippen molar-refractivity contribution in [2.75, 3.05) is 18.6 Å². The highest BCUT2D eigenvalue weighted by molar-refractivity contribution is 7.99. The molecular formula is C18H20FN5O2S. The highest BCUT2D eigenvalue weighted by atomic mass is 32.2. The lowest BCUT2D eigenvalue weighted by molar-refractivity contribution is -0.128. The summed E-state index contributed by atoms with van der Waals surface area (Å²) >= 11 is 1.21. The summed E-state index contributed by atoms with van der Waals surface area (Å²) in [6.45, 7) is 3.70. The number of rotatable bonds is 6. The van der Waals surface area contributed by atoms with E-state index < -0.39 is 0 Å². The van der Waals surface area contributed by atoms with Crippen molar-refractivity contribution < 1.29 is 13.6 Å². The van der Waals surface area contributed by atoms with Gasteiger partial charge in [0.25, 0.3) is 0 Å². The summed E-state index contributed by atoms with van der Waals surface area (Å²) in [4.78, 5) is 14.1. The normalized spacial score (nSPS) is 12.1. The van der Waals surface area contributed by atoms with Crippen LogP contribution in [0.3, 0.4) is 0 Å². The number of hydrogen-bond donors (Lipinski definition) is 1. The molecule has 1 atom stereocenters. The van der Waals surface area contributed by atoms with Crippen LogP contribution in [0.15, 0.2) is 46.2 Å². The summed E-state index contributed by atoms with van der Waals surface area (Å²) in [5.74, 6) is 6.98. The molecule has 2 heterocycles. The van der Waals surface area contributed by atoms with E-state index in [4.69, 9.17) is 10.3 Å². The van der Waals surface area contributed by atoms with Gasteiger partial charge in [-0.2, -0.15) is 0 Å². The Morgan fingerprint density at radius 3 is 2.67 bits per heavy atom. The fourth-order valence-electron chi connectivity index (χ4n) is 2.59. The molecule has 3 aromatic rings. The van der Waals surface area contributed by atoms with Crippen molar-refractivity contribution >= 4 is 17.7 Å². The molecule has 1 unspecified atom stereocenters. The molecule has 1 aromatic carbocycles. The Kier molecular flexibility index (Phi) is 5.50. The van der Waals surface area contributed by atoms with Crippen molar-refractivity contribution in [3.05, 3.63) is 53.7 Å². The Balaban J connectivity index is 1.64. The Bertz CT molecular complexity index is 938. The van der Waals surface area contributed by atoms with Crippen LogP contribution in [-0.2, 0) is 4.79 Å². The van der Waals surface area contributed by atoms with Crippen LogP contribution in [0.25, 0.3) is 11.4 Å². The largest absolute Gasteiger partial charge is 0.469 e. The molecule has 9 heteroatoms. The molecule has 0 aliphatic heterocycles. The molecular weight excluding hydrogens is 369 g/mol. The lowest BCUT2D eigenvalue weighted by atomic mass is 10.1. The highest BCUT2D eigenvalue weighted by Gasteiger charge is 2.20. The third kappa shape index (κ3) is 3.97. The SMILES string of the molecule is Cc1occc1-c1nnc(SCC(=O)N(C)C(C)c2ccc(F)cc2)n1N. The highest BCUT2D eigenvalue weighted by Crippen LogP contribution is 2.26. The van der Waals surface area contributed by atoms with Crippen LogP contribution in [0.4, 0.5) is 4.39 Å². The van der Waals surface area contributed by atoms with E-state index in [0.29, 0.717) is 16.7 Å². The Morgan fingerprint density at radius 1 is 1.33 bits per heavy atom. The smallest absolute Gasteiger partial charge is 0.233 e. The molecule has 2 aromatic heterocycles. The van der Waals surface area contributed by atoms with Gasteiger partial charge in [0.15, 0.2) is 5.82 Å². The molecule has 0 saturated heterocycles. The standard InChI is InChI=1S/C18H20FN5O2S/c1-11(13-4-6-14(19)7-5-13)23(3)16(25)10-27-18-22-21-17(24(18)20)15-8-9-26-12(15)2/h4-9,11H,10,20H2,1-3H3. The van der Waals surface area contributed by atoms with Crippen LogP contribution >= 0.6 is 11.8 Å². The Morgan fingerprint density at radius 2 is 2.04 bits per heavy atom. The molecule has 1 amide bonds. The van der Waals surface area contributed by atoms with Crippen LogP contribution in [0.1, 0.15) is 24.3 Å². The van der Waals surface area contributed by atoms with E-state index in [-0.39, 0.29) is 23.5 Å². The van der Waals surface area contributed by atoms with Gasteiger partial charge in [-0.15, -0.1) is 10.2 Å². The molecule has 0 fully saturated rings. The zero-order valence-corrected chi connectivity index (χ0v) is 16.0. The lowest BCUT2D eigenvalue weighted by Crippen LogP contribution is -2.31. The number of thioether (sulfide) groups is 1. The molecule has 0 saturated carbocycles. The second-order valence-electron chi connectivity index (χ2n) is 6.09. The van der Waals surface area contributed by atoms with Gasteiger partial charge in [0.2, 0.25) is 11.1 Å².